The van der Waals surface area contributed by atoms with Crippen molar-refractivity contribution in [2.45, 2.75) is 51.9 Å². The minimum atomic E-state index is -2.69. The van der Waals surface area contributed by atoms with E-state index in [-0.39, 0.29) is 36.5 Å². The fraction of sp³-hybridized carbons (Fsp3) is 0.522. The monoisotopic (exact) mass is 508 g/mol. The summed E-state index contributed by atoms with van der Waals surface area (Å²) in [5.41, 5.74) is 2.43. The smallest absolute Gasteiger partial charge is 0.248 e. The highest BCUT2D eigenvalue weighted by atomic mass is 35.5. The topological polar surface area (TPSA) is 85.6 Å². The minimum Gasteiger partial charge on any atom is -0.302 e. The fourth-order valence-electron chi connectivity index (χ4n) is 4.95. The Bertz CT molecular complexity index is 1150. The second-order valence-electron chi connectivity index (χ2n) is 9.11. The van der Waals surface area contributed by atoms with Crippen molar-refractivity contribution in [3.63, 3.8) is 0 Å². The van der Waals surface area contributed by atoms with Crippen LogP contribution < -0.4 is 5.32 Å². The number of nitrogens with one attached hydrogen (secondary N) is 1. The van der Waals surface area contributed by atoms with Gasteiger partial charge in [0.25, 0.3) is 0 Å². The van der Waals surface area contributed by atoms with E-state index in [0.717, 1.165) is 11.1 Å². The molecule has 1 aromatic carbocycles. The van der Waals surface area contributed by atoms with Gasteiger partial charge in [0.15, 0.2) is 5.13 Å². The first-order valence-corrected chi connectivity index (χ1v) is 12.4. The number of benzene rings is 1. The van der Waals surface area contributed by atoms with Crippen molar-refractivity contribution in [1.29, 1.82) is 0 Å². The number of alkyl halides is 2. The van der Waals surface area contributed by atoms with Gasteiger partial charge in [-0.25, -0.2) is 13.8 Å². The van der Waals surface area contributed by atoms with E-state index in [1.54, 1.807) is 14.0 Å². The summed E-state index contributed by atoms with van der Waals surface area (Å²) in [6.07, 6.45) is 0.0423. The van der Waals surface area contributed by atoms with Gasteiger partial charge >= 0.3 is 0 Å². The van der Waals surface area contributed by atoms with Crippen molar-refractivity contribution >= 4 is 34.0 Å². The second-order valence-corrected chi connectivity index (χ2v) is 10.7. The average Bonchev–Trinajstić information content (AvgIpc) is 3.46. The standard InChI is InChI=1S/C23H27ClF2N6OS/c1-12(15-5-7-16(8-6-15)20-29-31-32(4)30-20)18(17-9-10-23(25,26)11-17)13(2)21(33)28-22-27-14(3)19(24)34-22/h5-8,12-13,17-18H,9-11H2,1-4H3,(H,27,28,33)/t12-,13?,17+,18+/m1/s1. The van der Waals surface area contributed by atoms with Crippen LogP contribution >= 0.6 is 22.9 Å². The predicted molar refractivity (Wildman–Crippen MR) is 128 cm³/mol. The van der Waals surface area contributed by atoms with Gasteiger partial charge in [-0.15, -0.1) is 10.2 Å². The molecule has 0 saturated heterocycles. The summed E-state index contributed by atoms with van der Waals surface area (Å²) in [6, 6.07) is 7.69. The number of hydrogen-bond acceptors (Lipinski definition) is 6. The molecular weight excluding hydrogens is 482 g/mol. The van der Waals surface area contributed by atoms with Crippen LogP contribution in [0.3, 0.4) is 0 Å². The van der Waals surface area contributed by atoms with Crippen molar-refractivity contribution < 1.29 is 13.6 Å². The molecule has 3 aromatic rings. The summed E-state index contributed by atoms with van der Waals surface area (Å²) in [6.45, 7) is 5.58. The quantitative estimate of drug-likeness (QED) is 0.440. The van der Waals surface area contributed by atoms with Gasteiger partial charge in [0.2, 0.25) is 17.7 Å². The number of anilines is 1. The lowest BCUT2D eigenvalue weighted by Gasteiger charge is -2.34. The molecule has 7 nitrogen and oxygen atoms in total. The third kappa shape index (κ3) is 5.27. The van der Waals surface area contributed by atoms with E-state index < -0.39 is 11.8 Å². The summed E-state index contributed by atoms with van der Waals surface area (Å²) in [5.74, 6) is -3.58. The number of carbonyl (C=O) groups is 1. The Labute approximate surface area is 205 Å². The minimum absolute atomic E-state index is 0.120. The maximum Gasteiger partial charge on any atom is 0.248 e. The SMILES string of the molecule is Cc1nc(NC(=O)C(C)[C@@H]([C@H]2CCC(F)(F)C2)[C@H](C)c2ccc(-c3nnn(C)n3)cc2)sc1Cl. The molecule has 182 valence electrons. The third-order valence-corrected chi connectivity index (χ3v) is 8.09. The fourth-order valence-corrected chi connectivity index (χ4v) is 5.90. The Hall–Kier alpha value is -2.46. The number of aryl methyl sites for hydroxylation is 2. The molecule has 0 bridgehead atoms. The van der Waals surface area contributed by atoms with E-state index in [1.165, 1.54) is 16.1 Å². The molecule has 2 heterocycles. The predicted octanol–water partition coefficient (Wildman–Crippen LogP) is 5.73. The van der Waals surface area contributed by atoms with Gasteiger partial charge in [-0.05, 0) is 41.9 Å². The van der Waals surface area contributed by atoms with Gasteiger partial charge in [-0.1, -0.05) is 61.1 Å². The number of tetrazole rings is 1. The zero-order valence-corrected chi connectivity index (χ0v) is 21.0. The number of carbonyl (C=O) groups excluding carboxylic acids is 1. The highest BCUT2D eigenvalue weighted by Crippen LogP contribution is 2.49. The molecule has 1 amide bonds. The number of rotatable bonds is 7. The highest BCUT2D eigenvalue weighted by molar-refractivity contribution is 7.19. The summed E-state index contributed by atoms with van der Waals surface area (Å²) in [4.78, 5) is 18.8. The Morgan fingerprint density at radius 1 is 1.29 bits per heavy atom. The largest absolute Gasteiger partial charge is 0.302 e. The normalized spacial score (nSPS) is 20.1. The van der Waals surface area contributed by atoms with Gasteiger partial charge in [-0.2, -0.15) is 4.80 Å². The molecule has 4 rings (SSSR count). The van der Waals surface area contributed by atoms with Crippen molar-refractivity contribution in [3.05, 3.63) is 39.9 Å². The van der Waals surface area contributed by atoms with Crippen LogP contribution in [0.2, 0.25) is 4.34 Å². The van der Waals surface area contributed by atoms with Crippen LogP contribution in [0.25, 0.3) is 11.4 Å². The molecule has 1 aliphatic rings. The Morgan fingerprint density at radius 2 is 2.00 bits per heavy atom. The van der Waals surface area contributed by atoms with Crippen LogP contribution in [0, 0.1) is 24.7 Å². The molecule has 0 radical (unpaired) electrons. The number of nitrogens with zero attached hydrogens (tertiary/aromatic N) is 5. The lowest BCUT2D eigenvalue weighted by Crippen LogP contribution is -2.34. The lowest BCUT2D eigenvalue weighted by atomic mass is 9.71. The molecule has 1 fully saturated rings. The van der Waals surface area contributed by atoms with E-state index in [2.05, 4.69) is 25.7 Å². The summed E-state index contributed by atoms with van der Waals surface area (Å²) >= 11 is 7.28. The maximum absolute atomic E-state index is 14.2. The molecule has 2 aromatic heterocycles. The van der Waals surface area contributed by atoms with Crippen LogP contribution in [0.5, 0.6) is 0 Å². The van der Waals surface area contributed by atoms with Crippen molar-refractivity contribution in [2.75, 3.05) is 5.32 Å². The van der Waals surface area contributed by atoms with Crippen LogP contribution in [-0.4, -0.2) is 37.0 Å². The average molecular weight is 509 g/mol. The van der Waals surface area contributed by atoms with Gasteiger partial charge in [-0.3, -0.25) is 4.79 Å². The van der Waals surface area contributed by atoms with Gasteiger partial charge < -0.3 is 5.32 Å². The summed E-state index contributed by atoms with van der Waals surface area (Å²) in [5, 5.41) is 15.4. The molecule has 1 N–H and O–H groups in total. The Balaban J connectivity index is 1.58. The van der Waals surface area contributed by atoms with Crippen molar-refractivity contribution in [2.24, 2.45) is 24.8 Å². The molecule has 34 heavy (non-hydrogen) atoms. The molecule has 1 aliphatic carbocycles. The molecule has 1 unspecified atom stereocenters. The molecule has 0 aliphatic heterocycles. The van der Waals surface area contributed by atoms with Crippen LogP contribution in [-0.2, 0) is 11.8 Å². The Morgan fingerprint density at radius 3 is 2.53 bits per heavy atom. The van der Waals surface area contributed by atoms with E-state index >= 15 is 0 Å². The first-order chi connectivity index (χ1) is 16.0. The second kappa shape index (κ2) is 9.65. The molecule has 4 atom stereocenters. The highest BCUT2D eigenvalue weighted by Gasteiger charge is 2.46. The number of thiazole rings is 1. The number of hydrogen-bond donors (Lipinski definition) is 1. The van der Waals surface area contributed by atoms with E-state index in [0.29, 0.717) is 27.4 Å². The van der Waals surface area contributed by atoms with Crippen molar-refractivity contribution in [1.82, 2.24) is 25.2 Å². The van der Waals surface area contributed by atoms with Gasteiger partial charge in [0.1, 0.15) is 4.34 Å². The molecule has 11 heteroatoms. The molecular formula is C23H27ClF2N6OS. The Kier molecular flexibility index (Phi) is 7.00. The first-order valence-electron chi connectivity index (χ1n) is 11.2. The zero-order valence-electron chi connectivity index (χ0n) is 19.4. The van der Waals surface area contributed by atoms with Crippen molar-refractivity contribution in [3.8, 4) is 11.4 Å². The summed E-state index contributed by atoms with van der Waals surface area (Å²) < 4.78 is 28.9. The number of halogens is 3. The van der Waals surface area contributed by atoms with Crippen LogP contribution in [0.15, 0.2) is 24.3 Å². The first kappa shape index (κ1) is 24.7. The third-order valence-electron chi connectivity index (χ3n) is 6.73. The molecule has 1 saturated carbocycles. The lowest BCUT2D eigenvalue weighted by molar-refractivity contribution is -0.122. The number of aromatic nitrogens is 5. The maximum atomic E-state index is 14.2. The zero-order chi connectivity index (χ0) is 24.6. The summed E-state index contributed by atoms with van der Waals surface area (Å²) in [7, 11) is 1.70. The van der Waals surface area contributed by atoms with E-state index in [9.17, 15) is 13.6 Å². The van der Waals surface area contributed by atoms with Gasteiger partial charge in [0.05, 0.1) is 12.7 Å². The number of amides is 1. The van der Waals surface area contributed by atoms with Crippen LogP contribution in [0.1, 0.15) is 50.3 Å². The van der Waals surface area contributed by atoms with E-state index in [4.69, 9.17) is 11.6 Å². The molecule has 0 spiro atoms. The van der Waals surface area contributed by atoms with Crippen LogP contribution in [0.4, 0.5) is 13.9 Å². The van der Waals surface area contributed by atoms with E-state index in [1.807, 2.05) is 38.1 Å². The van der Waals surface area contributed by atoms with Gasteiger partial charge in [0, 0.05) is 24.3 Å².